The minimum Gasteiger partial charge on any atom is -0.393 e. The molecular weight excluding hydrogens is 472 g/mol. The molecular formula is C33H40N2O3. The van der Waals surface area contributed by atoms with Crippen molar-refractivity contribution >= 4 is 16.8 Å². The first-order chi connectivity index (χ1) is 18.5. The molecule has 38 heavy (non-hydrogen) atoms. The van der Waals surface area contributed by atoms with Gasteiger partial charge in [0.25, 0.3) is 5.91 Å². The van der Waals surface area contributed by atoms with E-state index in [-0.39, 0.29) is 28.2 Å². The fourth-order valence-corrected chi connectivity index (χ4v) is 6.57. The molecule has 2 aliphatic rings. The standard InChI is InChI=1S/C33H40N2O3/c1-3-19-33(4-2,26-17-18-26)25-15-13-23(14-16-25)21-35-22-28(31(37)27-10-6-7-11-29(27)35)32(38)34-20-24-9-5-8-12-30(24)36/h3,6-7,10-11,13-16,22,24,26,30,36H,1,4-5,8-9,12,17-21H2,2H3,(H,34,38)/t24?,30-,33?/m0/s1. The van der Waals surface area contributed by atoms with Crippen molar-refractivity contribution in [3.8, 4) is 0 Å². The number of aliphatic hydroxyl groups excluding tert-OH is 1. The first kappa shape index (κ1) is 26.4. The van der Waals surface area contributed by atoms with Crippen molar-refractivity contribution < 1.29 is 9.90 Å². The van der Waals surface area contributed by atoms with Crippen molar-refractivity contribution in [3.05, 3.63) is 94.3 Å². The zero-order valence-corrected chi connectivity index (χ0v) is 22.5. The molecule has 2 unspecified atom stereocenters. The molecule has 1 heterocycles. The number of aliphatic hydroxyl groups is 1. The Morgan fingerprint density at radius 2 is 1.84 bits per heavy atom. The molecule has 5 rings (SSSR count). The lowest BCUT2D eigenvalue weighted by Gasteiger charge is -2.33. The van der Waals surface area contributed by atoms with Gasteiger partial charge in [0.1, 0.15) is 5.56 Å². The van der Waals surface area contributed by atoms with Crippen LogP contribution in [0.15, 0.2) is 72.2 Å². The average Bonchev–Trinajstić information content (AvgIpc) is 3.79. The van der Waals surface area contributed by atoms with E-state index in [0.717, 1.165) is 55.5 Å². The molecule has 3 atom stereocenters. The largest absolute Gasteiger partial charge is 0.393 e. The topological polar surface area (TPSA) is 71.3 Å². The van der Waals surface area contributed by atoms with Gasteiger partial charge >= 0.3 is 0 Å². The molecule has 0 bridgehead atoms. The van der Waals surface area contributed by atoms with E-state index in [4.69, 9.17) is 0 Å². The maximum atomic E-state index is 13.3. The fraction of sp³-hybridized carbons (Fsp3) is 0.455. The average molecular weight is 513 g/mol. The van der Waals surface area contributed by atoms with Gasteiger partial charge in [0.05, 0.1) is 11.6 Å². The summed E-state index contributed by atoms with van der Waals surface area (Å²) in [5.74, 6) is 0.403. The summed E-state index contributed by atoms with van der Waals surface area (Å²) < 4.78 is 2.01. The van der Waals surface area contributed by atoms with Crippen molar-refractivity contribution in [2.24, 2.45) is 11.8 Å². The maximum Gasteiger partial charge on any atom is 0.256 e. The van der Waals surface area contributed by atoms with Crippen LogP contribution in [0.3, 0.4) is 0 Å². The van der Waals surface area contributed by atoms with Gasteiger partial charge < -0.3 is 15.0 Å². The summed E-state index contributed by atoms with van der Waals surface area (Å²) in [6.07, 6.45) is 11.8. The maximum absolute atomic E-state index is 13.3. The molecule has 2 aliphatic carbocycles. The van der Waals surface area contributed by atoms with Crippen LogP contribution < -0.4 is 10.7 Å². The number of hydrogen-bond donors (Lipinski definition) is 2. The van der Waals surface area contributed by atoms with E-state index in [1.807, 2.05) is 22.8 Å². The molecule has 5 heteroatoms. The Hall–Kier alpha value is -3.18. The molecule has 2 aromatic carbocycles. The number of allylic oxidation sites excluding steroid dienone is 1. The number of nitrogens with zero attached hydrogens (tertiary/aromatic N) is 1. The molecule has 0 spiro atoms. The molecule has 1 amide bonds. The quantitative estimate of drug-likeness (QED) is 0.329. The van der Waals surface area contributed by atoms with E-state index in [2.05, 4.69) is 49.2 Å². The third kappa shape index (κ3) is 5.22. The number of benzene rings is 2. The van der Waals surface area contributed by atoms with Gasteiger partial charge in [-0.2, -0.15) is 0 Å². The Balaban J connectivity index is 1.41. The molecule has 2 N–H and O–H groups in total. The van der Waals surface area contributed by atoms with Crippen molar-refractivity contribution in [1.82, 2.24) is 9.88 Å². The number of aromatic nitrogens is 1. The van der Waals surface area contributed by atoms with Gasteiger partial charge in [-0.1, -0.05) is 62.2 Å². The molecule has 0 saturated heterocycles. The second kappa shape index (κ2) is 11.3. The minimum absolute atomic E-state index is 0.0425. The van der Waals surface area contributed by atoms with Gasteiger partial charge in [-0.25, -0.2) is 0 Å². The second-order valence-corrected chi connectivity index (χ2v) is 11.3. The van der Waals surface area contributed by atoms with Crippen LogP contribution in [0.2, 0.25) is 0 Å². The predicted molar refractivity (Wildman–Crippen MR) is 154 cm³/mol. The van der Waals surface area contributed by atoms with E-state index in [0.29, 0.717) is 18.5 Å². The van der Waals surface area contributed by atoms with Gasteiger partial charge in [-0.15, -0.1) is 6.58 Å². The molecule has 0 aliphatic heterocycles. The lowest BCUT2D eigenvalue weighted by atomic mass is 9.71. The van der Waals surface area contributed by atoms with E-state index in [1.165, 1.54) is 18.4 Å². The van der Waals surface area contributed by atoms with E-state index >= 15 is 0 Å². The van der Waals surface area contributed by atoms with Crippen LogP contribution in [0.25, 0.3) is 10.9 Å². The number of rotatable bonds is 10. The normalized spacial score (nSPS) is 21.1. The molecule has 2 fully saturated rings. The molecule has 200 valence electrons. The van der Waals surface area contributed by atoms with Gasteiger partial charge in [-0.05, 0) is 67.7 Å². The van der Waals surface area contributed by atoms with Crippen LogP contribution in [0.5, 0.6) is 0 Å². The van der Waals surface area contributed by atoms with Crippen LogP contribution >= 0.6 is 0 Å². The van der Waals surface area contributed by atoms with E-state index < -0.39 is 6.10 Å². The van der Waals surface area contributed by atoms with E-state index in [1.54, 1.807) is 12.3 Å². The lowest BCUT2D eigenvalue weighted by Crippen LogP contribution is -2.38. The summed E-state index contributed by atoms with van der Waals surface area (Å²) in [5, 5.41) is 13.8. The number of carbonyl (C=O) groups is 1. The highest BCUT2D eigenvalue weighted by molar-refractivity contribution is 5.97. The smallest absolute Gasteiger partial charge is 0.256 e. The molecule has 0 radical (unpaired) electrons. The predicted octanol–water partition coefficient (Wildman–Crippen LogP) is 5.96. The Kier molecular flexibility index (Phi) is 7.85. The van der Waals surface area contributed by atoms with Crippen LogP contribution in [-0.2, 0) is 12.0 Å². The van der Waals surface area contributed by atoms with Crippen molar-refractivity contribution in [2.45, 2.75) is 76.4 Å². The Morgan fingerprint density at radius 3 is 2.53 bits per heavy atom. The van der Waals surface area contributed by atoms with Crippen LogP contribution in [0, 0.1) is 11.8 Å². The highest BCUT2D eigenvalue weighted by atomic mass is 16.3. The minimum atomic E-state index is -0.391. The van der Waals surface area contributed by atoms with Gasteiger partial charge in [-0.3, -0.25) is 9.59 Å². The SMILES string of the molecule is C=CCC(CC)(c1ccc(Cn2cc(C(=O)NCC3CCCC[C@@H]3O)c(=O)c3ccccc32)cc1)C1CC1. The molecule has 5 nitrogen and oxygen atoms in total. The zero-order valence-electron chi connectivity index (χ0n) is 22.5. The molecule has 3 aromatic rings. The summed E-state index contributed by atoms with van der Waals surface area (Å²) >= 11 is 0. The number of nitrogens with one attached hydrogen (secondary N) is 1. The number of para-hydroxylation sites is 1. The second-order valence-electron chi connectivity index (χ2n) is 11.3. The first-order valence-electron chi connectivity index (χ1n) is 14.3. The van der Waals surface area contributed by atoms with Crippen LogP contribution in [0.4, 0.5) is 0 Å². The van der Waals surface area contributed by atoms with Crippen LogP contribution in [-0.4, -0.2) is 28.2 Å². The third-order valence-corrected chi connectivity index (χ3v) is 9.01. The number of fused-ring (bicyclic) bond motifs is 1. The third-order valence-electron chi connectivity index (χ3n) is 9.01. The fourth-order valence-electron chi connectivity index (χ4n) is 6.57. The zero-order chi connectivity index (χ0) is 26.7. The highest BCUT2D eigenvalue weighted by Crippen LogP contribution is 2.51. The first-order valence-corrected chi connectivity index (χ1v) is 14.3. The summed E-state index contributed by atoms with van der Waals surface area (Å²) in [7, 11) is 0. The summed E-state index contributed by atoms with van der Waals surface area (Å²) in [6.45, 7) is 7.26. The highest BCUT2D eigenvalue weighted by Gasteiger charge is 2.44. The Bertz CT molecular complexity index is 1350. The Morgan fingerprint density at radius 1 is 1.11 bits per heavy atom. The number of amides is 1. The summed E-state index contributed by atoms with van der Waals surface area (Å²) in [6, 6.07) is 16.4. The van der Waals surface area contributed by atoms with Crippen molar-refractivity contribution in [3.63, 3.8) is 0 Å². The van der Waals surface area contributed by atoms with Crippen molar-refractivity contribution in [1.29, 1.82) is 0 Å². The summed E-state index contributed by atoms with van der Waals surface area (Å²) in [4.78, 5) is 26.4. The van der Waals surface area contributed by atoms with Gasteiger partial charge in [0, 0.05) is 36.0 Å². The molecule has 1 aromatic heterocycles. The van der Waals surface area contributed by atoms with Crippen LogP contribution in [0.1, 0.15) is 79.8 Å². The number of hydrogen-bond acceptors (Lipinski definition) is 3. The van der Waals surface area contributed by atoms with Gasteiger partial charge in [0.2, 0.25) is 5.43 Å². The van der Waals surface area contributed by atoms with Gasteiger partial charge in [0.15, 0.2) is 0 Å². The monoisotopic (exact) mass is 512 g/mol. The van der Waals surface area contributed by atoms with Crippen molar-refractivity contribution in [2.75, 3.05) is 6.54 Å². The lowest BCUT2D eigenvalue weighted by molar-refractivity contribution is 0.0662. The molecule has 2 saturated carbocycles. The Labute approximate surface area is 225 Å². The number of pyridine rings is 1. The number of carbonyl (C=O) groups excluding carboxylic acids is 1. The van der Waals surface area contributed by atoms with E-state index in [9.17, 15) is 14.7 Å². The summed E-state index contributed by atoms with van der Waals surface area (Å²) in [5.41, 5.74) is 3.38.